The predicted octanol–water partition coefficient (Wildman–Crippen LogP) is 3.75. The van der Waals surface area contributed by atoms with Gasteiger partial charge in [0.1, 0.15) is 0 Å². The van der Waals surface area contributed by atoms with E-state index in [-0.39, 0.29) is 6.61 Å². The van der Waals surface area contributed by atoms with Crippen LogP contribution < -0.4 is 0 Å². The van der Waals surface area contributed by atoms with Crippen molar-refractivity contribution in [3.63, 3.8) is 0 Å². The fourth-order valence-corrected chi connectivity index (χ4v) is 3.55. The summed E-state index contributed by atoms with van der Waals surface area (Å²) in [5.41, 5.74) is 0.661. The summed E-state index contributed by atoms with van der Waals surface area (Å²) in [6.07, 6.45) is 0. The Bertz CT molecular complexity index is 643. The summed E-state index contributed by atoms with van der Waals surface area (Å²) < 4.78 is 17.8. The third kappa shape index (κ3) is 3.93. The van der Waals surface area contributed by atoms with Gasteiger partial charge in [-0.1, -0.05) is 48.0 Å². The third-order valence-corrected chi connectivity index (χ3v) is 4.69. The molecular formula is C16H15ClO3S. The normalized spacial score (nSPS) is 13.4. The van der Waals surface area contributed by atoms with Crippen LogP contribution in [0.5, 0.6) is 0 Å². The maximum absolute atomic E-state index is 12.8. The Morgan fingerprint density at radius 3 is 2.52 bits per heavy atom. The minimum absolute atomic E-state index is 0.245. The van der Waals surface area contributed by atoms with E-state index in [1.807, 2.05) is 6.07 Å². The van der Waals surface area contributed by atoms with Gasteiger partial charge < -0.3 is 4.74 Å². The fraction of sp³-hybridized carbons (Fsp3) is 0.188. The molecule has 2 aromatic carbocycles. The lowest BCUT2D eigenvalue weighted by Crippen LogP contribution is -2.20. The Morgan fingerprint density at radius 1 is 1.19 bits per heavy atom. The average molecular weight is 323 g/mol. The molecular weight excluding hydrogens is 308 g/mol. The molecule has 2 unspecified atom stereocenters. The summed E-state index contributed by atoms with van der Waals surface area (Å²) in [4.78, 5) is 12.7. The maximum Gasteiger partial charge on any atom is 0.326 e. The molecule has 0 fully saturated rings. The summed E-state index contributed by atoms with van der Waals surface area (Å²) in [5, 5.41) is -0.374. The van der Waals surface area contributed by atoms with Gasteiger partial charge in [-0.05, 0) is 30.7 Å². The van der Waals surface area contributed by atoms with E-state index in [4.69, 9.17) is 16.3 Å². The van der Waals surface area contributed by atoms with Crippen molar-refractivity contribution in [2.45, 2.75) is 17.1 Å². The smallest absolute Gasteiger partial charge is 0.326 e. The Balaban J connectivity index is 2.40. The Kier molecular flexibility index (Phi) is 5.53. The van der Waals surface area contributed by atoms with Crippen LogP contribution >= 0.6 is 11.6 Å². The van der Waals surface area contributed by atoms with E-state index in [9.17, 15) is 9.00 Å². The first-order valence-corrected chi connectivity index (χ1v) is 8.10. The molecule has 0 saturated carbocycles. The van der Waals surface area contributed by atoms with Crippen LogP contribution in [0, 0.1) is 0 Å². The van der Waals surface area contributed by atoms with Crippen LogP contribution in [-0.2, 0) is 20.3 Å². The number of halogens is 1. The lowest BCUT2D eigenvalue weighted by molar-refractivity contribution is -0.142. The van der Waals surface area contributed by atoms with Gasteiger partial charge in [0.15, 0.2) is 5.25 Å². The second-order valence-electron chi connectivity index (χ2n) is 4.30. The lowest BCUT2D eigenvalue weighted by atomic mass is 10.1. The molecule has 2 aromatic rings. The largest absolute Gasteiger partial charge is 0.465 e. The van der Waals surface area contributed by atoms with Crippen molar-refractivity contribution < 1.29 is 13.7 Å². The molecule has 0 aliphatic carbocycles. The van der Waals surface area contributed by atoms with Crippen LogP contribution in [0.1, 0.15) is 17.7 Å². The van der Waals surface area contributed by atoms with Crippen LogP contribution in [0.2, 0.25) is 5.02 Å². The highest BCUT2D eigenvalue weighted by Gasteiger charge is 2.29. The Hall–Kier alpha value is -1.65. The molecule has 21 heavy (non-hydrogen) atoms. The minimum atomic E-state index is -1.57. The van der Waals surface area contributed by atoms with Gasteiger partial charge in [-0.2, -0.15) is 0 Å². The average Bonchev–Trinajstić information content (AvgIpc) is 2.49. The van der Waals surface area contributed by atoms with Gasteiger partial charge in [0.05, 0.1) is 17.4 Å². The summed E-state index contributed by atoms with van der Waals surface area (Å²) in [6, 6.07) is 15.7. The second-order valence-corrected chi connectivity index (χ2v) is 6.27. The highest BCUT2D eigenvalue weighted by Crippen LogP contribution is 2.28. The molecule has 2 rings (SSSR count). The van der Waals surface area contributed by atoms with E-state index in [0.29, 0.717) is 15.5 Å². The summed E-state index contributed by atoms with van der Waals surface area (Å²) in [6.45, 7) is 1.97. The van der Waals surface area contributed by atoms with E-state index >= 15 is 0 Å². The van der Waals surface area contributed by atoms with Gasteiger partial charge in [-0.15, -0.1) is 0 Å². The zero-order chi connectivity index (χ0) is 15.2. The standard InChI is InChI=1S/C16H15ClO3S/c1-2-20-16(18)15(12-7-4-3-5-8-12)21(19)14-10-6-9-13(17)11-14/h3-11,15H,2H2,1H3. The summed E-state index contributed by atoms with van der Waals surface area (Å²) in [7, 11) is -1.57. The maximum atomic E-state index is 12.8. The monoisotopic (exact) mass is 322 g/mol. The van der Waals surface area contributed by atoms with Crippen molar-refractivity contribution in [1.82, 2.24) is 0 Å². The van der Waals surface area contributed by atoms with E-state index in [1.165, 1.54) is 0 Å². The topological polar surface area (TPSA) is 43.4 Å². The first-order valence-electron chi connectivity index (χ1n) is 6.51. The van der Waals surface area contributed by atoms with Crippen LogP contribution in [0.4, 0.5) is 0 Å². The van der Waals surface area contributed by atoms with Crippen LogP contribution in [0.15, 0.2) is 59.5 Å². The molecule has 2 atom stereocenters. The molecule has 0 aromatic heterocycles. The number of hydrogen-bond donors (Lipinski definition) is 0. The molecule has 5 heteroatoms. The molecule has 0 spiro atoms. The number of hydrogen-bond acceptors (Lipinski definition) is 3. The molecule has 0 bridgehead atoms. The van der Waals surface area contributed by atoms with E-state index in [1.54, 1.807) is 55.5 Å². The van der Waals surface area contributed by atoms with Gasteiger partial charge in [0.25, 0.3) is 0 Å². The Labute approximate surface area is 131 Å². The van der Waals surface area contributed by atoms with Gasteiger partial charge in [0.2, 0.25) is 0 Å². The van der Waals surface area contributed by atoms with Gasteiger partial charge in [0, 0.05) is 9.92 Å². The van der Waals surface area contributed by atoms with Crippen molar-refractivity contribution in [3.05, 3.63) is 65.2 Å². The van der Waals surface area contributed by atoms with Crippen molar-refractivity contribution in [1.29, 1.82) is 0 Å². The highest BCUT2D eigenvalue weighted by molar-refractivity contribution is 7.86. The van der Waals surface area contributed by atoms with Gasteiger partial charge in [-0.25, -0.2) is 0 Å². The highest BCUT2D eigenvalue weighted by atomic mass is 35.5. The van der Waals surface area contributed by atoms with Crippen LogP contribution in [-0.4, -0.2) is 16.8 Å². The second kappa shape index (κ2) is 7.38. The zero-order valence-corrected chi connectivity index (χ0v) is 13.1. The molecule has 0 saturated heterocycles. The molecule has 0 N–H and O–H groups in total. The molecule has 0 heterocycles. The molecule has 0 aliphatic rings. The number of ether oxygens (including phenoxy) is 1. The quantitative estimate of drug-likeness (QED) is 0.787. The van der Waals surface area contributed by atoms with E-state index in [0.717, 1.165) is 0 Å². The number of esters is 1. The van der Waals surface area contributed by atoms with Crippen molar-refractivity contribution in [3.8, 4) is 0 Å². The fourth-order valence-electron chi connectivity index (χ4n) is 1.92. The van der Waals surface area contributed by atoms with Crippen molar-refractivity contribution in [2.75, 3.05) is 6.61 Å². The van der Waals surface area contributed by atoms with E-state index in [2.05, 4.69) is 0 Å². The number of carbonyl (C=O) groups is 1. The summed E-state index contributed by atoms with van der Waals surface area (Å²) >= 11 is 5.93. The third-order valence-electron chi connectivity index (χ3n) is 2.85. The number of benzene rings is 2. The molecule has 0 aliphatic heterocycles. The predicted molar refractivity (Wildman–Crippen MR) is 83.7 cm³/mol. The van der Waals surface area contributed by atoms with Crippen LogP contribution in [0.25, 0.3) is 0 Å². The number of rotatable bonds is 5. The van der Waals surface area contributed by atoms with Crippen molar-refractivity contribution >= 4 is 28.4 Å². The molecule has 0 radical (unpaired) electrons. The SMILES string of the molecule is CCOC(=O)C(c1ccccc1)S(=O)c1cccc(Cl)c1. The molecule has 0 amide bonds. The van der Waals surface area contributed by atoms with Gasteiger partial charge in [-0.3, -0.25) is 9.00 Å². The molecule has 3 nitrogen and oxygen atoms in total. The molecule has 110 valence electrons. The Morgan fingerprint density at radius 2 is 1.90 bits per heavy atom. The zero-order valence-electron chi connectivity index (χ0n) is 11.5. The first-order chi connectivity index (χ1) is 10.1. The van der Waals surface area contributed by atoms with Gasteiger partial charge >= 0.3 is 5.97 Å². The lowest BCUT2D eigenvalue weighted by Gasteiger charge is -2.16. The first kappa shape index (κ1) is 15.7. The number of carbonyl (C=O) groups excluding carboxylic acids is 1. The minimum Gasteiger partial charge on any atom is -0.465 e. The van der Waals surface area contributed by atoms with E-state index < -0.39 is 22.0 Å². The summed E-state index contributed by atoms with van der Waals surface area (Å²) in [5.74, 6) is -0.498. The van der Waals surface area contributed by atoms with Crippen LogP contribution in [0.3, 0.4) is 0 Å². The van der Waals surface area contributed by atoms with Crippen molar-refractivity contribution in [2.24, 2.45) is 0 Å².